The number of nitrogens with one attached hydrogen (secondary N) is 3. The summed E-state index contributed by atoms with van der Waals surface area (Å²) in [6, 6.07) is 2.03. The third-order valence-electron chi connectivity index (χ3n) is 8.56. The van der Waals surface area contributed by atoms with E-state index in [4.69, 9.17) is 24.7 Å². The number of piperidine rings is 1. The molecular weight excluding hydrogens is 570 g/mol. The predicted molar refractivity (Wildman–Crippen MR) is 158 cm³/mol. The summed E-state index contributed by atoms with van der Waals surface area (Å²) < 4.78 is 22.2. The predicted octanol–water partition coefficient (Wildman–Crippen LogP) is 1.30. The van der Waals surface area contributed by atoms with Crippen LogP contribution in [0.3, 0.4) is 0 Å². The minimum absolute atomic E-state index is 0.00131. The van der Waals surface area contributed by atoms with E-state index in [0.29, 0.717) is 45.0 Å². The van der Waals surface area contributed by atoms with Crippen molar-refractivity contribution in [2.45, 2.75) is 38.4 Å². The number of ketones is 1. The van der Waals surface area contributed by atoms with Crippen molar-refractivity contribution in [3.63, 3.8) is 0 Å². The van der Waals surface area contributed by atoms with Crippen LogP contribution < -0.4 is 30.6 Å². The Balaban J connectivity index is 1.28. The molecule has 6 rings (SSSR count). The second-order valence-electron chi connectivity index (χ2n) is 11.5. The Bertz CT molecular complexity index is 1680. The molecule has 2 amide bonds. The van der Waals surface area contributed by atoms with Gasteiger partial charge in [-0.25, -0.2) is 4.79 Å². The van der Waals surface area contributed by atoms with Gasteiger partial charge < -0.3 is 45.2 Å². The van der Waals surface area contributed by atoms with Gasteiger partial charge in [0.05, 0.1) is 50.7 Å². The molecule has 13 nitrogen and oxygen atoms in total. The number of esters is 1. The molecule has 4 atom stereocenters. The molecule has 3 heterocycles. The normalized spacial score (nSPS) is 22.0. The molecule has 0 bridgehead atoms. The number of amides is 2. The van der Waals surface area contributed by atoms with Crippen LogP contribution in [0.2, 0.25) is 0 Å². The Hall–Kier alpha value is -4.78. The Morgan fingerprint density at radius 3 is 2.57 bits per heavy atom. The lowest BCUT2D eigenvalue weighted by Gasteiger charge is -2.27. The second-order valence-corrected chi connectivity index (χ2v) is 11.5. The summed E-state index contributed by atoms with van der Waals surface area (Å²) in [7, 11) is 4.28. The van der Waals surface area contributed by atoms with Gasteiger partial charge in [0.25, 0.3) is 5.91 Å². The third-order valence-corrected chi connectivity index (χ3v) is 8.56. The monoisotopic (exact) mass is 605 g/mol. The number of hydrogen-bond donors (Lipinski definition) is 4. The van der Waals surface area contributed by atoms with Gasteiger partial charge in [-0.05, 0) is 30.0 Å². The molecule has 2 aromatic rings. The van der Waals surface area contributed by atoms with Crippen LogP contribution in [-0.2, 0) is 19.1 Å². The van der Waals surface area contributed by atoms with Crippen LogP contribution in [0, 0.1) is 11.8 Å². The molecule has 2 aliphatic carbocycles. The molecule has 4 aliphatic rings. The van der Waals surface area contributed by atoms with Crippen LogP contribution in [0.4, 0.5) is 0 Å². The quantitative estimate of drug-likeness (QED) is 0.228. The number of ether oxygens (including phenoxy) is 4. The molecule has 13 heteroatoms. The lowest BCUT2D eigenvalue weighted by molar-refractivity contribution is -0.135. The maximum atomic E-state index is 14.0. The molecule has 5 N–H and O–H groups in total. The first kappa shape index (κ1) is 29.3. The van der Waals surface area contributed by atoms with Crippen LogP contribution in [-0.4, -0.2) is 86.1 Å². The minimum atomic E-state index is -0.664. The number of fused-ring (bicyclic) bond motifs is 5. The van der Waals surface area contributed by atoms with Gasteiger partial charge in [0, 0.05) is 35.2 Å². The van der Waals surface area contributed by atoms with Crippen molar-refractivity contribution >= 4 is 34.5 Å². The number of benzene rings is 1. The van der Waals surface area contributed by atoms with E-state index in [9.17, 15) is 19.2 Å². The number of hydrogen-bond acceptors (Lipinski definition) is 10. The zero-order valence-corrected chi connectivity index (χ0v) is 25.1. The van der Waals surface area contributed by atoms with Gasteiger partial charge in [0.15, 0.2) is 17.3 Å². The molecule has 2 aliphatic heterocycles. The van der Waals surface area contributed by atoms with E-state index in [2.05, 4.69) is 15.6 Å². The third kappa shape index (κ3) is 4.58. The summed E-state index contributed by atoms with van der Waals surface area (Å²) in [6.45, 7) is 4.08. The van der Waals surface area contributed by atoms with Crippen molar-refractivity contribution in [2.75, 3.05) is 34.5 Å². The molecule has 44 heavy (non-hydrogen) atoms. The lowest BCUT2D eigenvalue weighted by Crippen LogP contribution is -2.45. The summed E-state index contributed by atoms with van der Waals surface area (Å²) in [5.74, 6) is -0.303. The van der Waals surface area contributed by atoms with Gasteiger partial charge in [-0.2, -0.15) is 0 Å². The highest BCUT2D eigenvalue weighted by Gasteiger charge is 2.59. The molecule has 1 saturated carbocycles. The topological polar surface area (TPSA) is 174 Å². The zero-order valence-electron chi connectivity index (χ0n) is 25.1. The molecule has 1 aromatic carbocycles. The summed E-state index contributed by atoms with van der Waals surface area (Å²) in [6.07, 6.45) is 3.73. The van der Waals surface area contributed by atoms with Gasteiger partial charge in [-0.15, -0.1) is 0 Å². The number of nitrogens with zero attached hydrogens (tertiary/aromatic N) is 1. The number of carbonyl (C=O) groups excluding carboxylic acids is 4. The molecule has 0 radical (unpaired) electrons. The Labute approximate surface area is 253 Å². The maximum Gasteiger partial charge on any atom is 0.339 e. The molecule has 2 fully saturated rings. The zero-order chi connectivity index (χ0) is 31.4. The summed E-state index contributed by atoms with van der Waals surface area (Å²) in [5, 5.41) is 6.41. The second kappa shape index (κ2) is 11.1. The number of aromatic amines is 1. The van der Waals surface area contributed by atoms with Crippen LogP contribution in [0.5, 0.6) is 17.2 Å². The van der Waals surface area contributed by atoms with E-state index in [1.807, 2.05) is 13.8 Å². The van der Waals surface area contributed by atoms with Gasteiger partial charge in [0.1, 0.15) is 18.3 Å². The Morgan fingerprint density at radius 2 is 1.89 bits per heavy atom. The van der Waals surface area contributed by atoms with Crippen LogP contribution in [0.25, 0.3) is 10.9 Å². The number of allylic oxidation sites excluding steroid dienone is 1. The molecule has 232 valence electrons. The van der Waals surface area contributed by atoms with Crippen molar-refractivity contribution < 1.29 is 38.1 Å². The highest BCUT2D eigenvalue weighted by Crippen LogP contribution is 2.57. The van der Waals surface area contributed by atoms with E-state index < -0.39 is 18.1 Å². The minimum Gasteiger partial charge on any atom is -0.493 e. The Morgan fingerprint density at radius 1 is 1.11 bits per heavy atom. The van der Waals surface area contributed by atoms with Crippen molar-refractivity contribution in [3.8, 4) is 17.2 Å². The standard InChI is InChI=1S/C31H35N5O8/c1-13(2)24(32)29(38)33-6-7-44-27-21(41-3)9-14-8-17(35-25(14)28(27)42-4)30(39)36-18-10-15(18)22-19(36)11-20(37)26-23(22)16(12-34-26)31(40)43-5/h8-9,11-13,15,18,24,26,34-35H,6-7,10,32H2,1-5H3,(H,33,38)/t15-,18+,24+,26?/m1/s1. The van der Waals surface area contributed by atoms with Crippen molar-refractivity contribution in [3.05, 3.63) is 52.5 Å². The highest BCUT2D eigenvalue weighted by atomic mass is 16.5. The van der Waals surface area contributed by atoms with Crippen molar-refractivity contribution in [1.82, 2.24) is 20.5 Å². The Kier molecular flexibility index (Phi) is 7.36. The van der Waals surface area contributed by atoms with Gasteiger partial charge >= 0.3 is 5.97 Å². The average Bonchev–Trinajstić information content (AvgIpc) is 3.33. The molecule has 1 aromatic heterocycles. The first-order chi connectivity index (χ1) is 21.1. The van der Waals surface area contributed by atoms with Gasteiger partial charge in [0.2, 0.25) is 11.7 Å². The summed E-state index contributed by atoms with van der Waals surface area (Å²) in [4.78, 5) is 56.6. The molecule has 1 unspecified atom stereocenters. The highest BCUT2D eigenvalue weighted by molar-refractivity contribution is 6.09. The number of aromatic nitrogens is 1. The van der Waals surface area contributed by atoms with E-state index in [1.165, 1.54) is 33.6 Å². The largest absolute Gasteiger partial charge is 0.493 e. The van der Waals surface area contributed by atoms with Crippen molar-refractivity contribution in [1.29, 1.82) is 0 Å². The van der Waals surface area contributed by atoms with E-state index in [0.717, 1.165) is 12.0 Å². The van der Waals surface area contributed by atoms with E-state index >= 15 is 0 Å². The number of methoxy groups -OCH3 is 3. The van der Waals surface area contributed by atoms with Gasteiger partial charge in [-0.1, -0.05) is 13.8 Å². The lowest BCUT2D eigenvalue weighted by atomic mass is 9.86. The fourth-order valence-electron chi connectivity index (χ4n) is 6.21. The smallest absolute Gasteiger partial charge is 0.339 e. The van der Waals surface area contributed by atoms with Crippen LogP contribution >= 0.6 is 0 Å². The number of nitrogens with two attached hydrogens (primary N) is 1. The summed E-state index contributed by atoms with van der Waals surface area (Å²) in [5.41, 5.74) is 8.96. The summed E-state index contributed by atoms with van der Waals surface area (Å²) >= 11 is 0. The molecule has 1 saturated heterocycles. The SMILES string of the molecule is COC(=O)C1=CNC2C(=O)C=C3C(=C12)[C@@H]1C[C@@H]1N3C(=O)c1cc2cc(OC)c(OCCNC(=O)[C@@H](N)C(C)C)c(OC)c2[nH]1. The maximum absolute atomic E-state index is 14.0. The fraction of sp³-hybridized carbons (Fsp3) is 0.419. The fourth-order valence-corrected chi connectivity index (χ4v) is 6.21. The van der Waals surface area contributed by atoms with E-state index in [1.54, 1.807) is 17.0 Å². The van der Waals surface area contributed by atoms with Crippen molar-refractivity contribution in [2.24, 2.45) is 17.6 Å². The number of likely N-dealkylation sites (tertiary alicyclic amines) is 1. The van der Waals surface area contributed by atoms with Crippen LogP contribution in [0.1, 0.15) is 30.8 Å². The van der Waals surface area contributed by atoms with Crippen LogP contribution in [0.15, 0.2) is 46.8 Å². The first-order valence-electron chi connectivity index (χ1n) is 14.4. The molecule has 0 spiro atoms. The molecular formula is C31H35N5O8. The van der Waals surface area contributed by atoms with Gasteiger partial charge in [-0.3, -0.25) is 14.4 Å². The first-order valence-corrected chi connectivity index (χ1v) is 14.4. The average molecular weight is 606 g/mol. The number of carbonyl (C=O) groups is 4. The number of H-pyrrole nitrogens is 1. The number of rotatable bonds is 10. The van der Waals surface area contributed by atoms with E-state index in [-0.39, 0.29) is 54.3 Å².